The lowest BCUT2D eigenvalue weighted by atomic mass is 10.1. The minimum Gasteiger partial charge on any atom is -0.324 e. The molecule has 2 fully saturated rings. The van der Waals surface area contributed by atoms with Gasteiger partial charge in [0.15, 0.2) is 0 Å². The number of carbonyl (C=O) groups excluding carboxylic acids is 1. The molecule has 0 bridgehead atoms. The molecule has 0 spiro atoms. The molecule has 0 radical (unpaired) electrons. The molecule has 21 heavy (non-hydrogen) atoms. The van der Waals surface area contributed by atoms with Crippen LogP contribution in [-0.2, 0) is 4.79 Å². The number of likely N-dealkylation sites (tertiary alicyclic amines) is 1. The monoisotopic (exact) mass is 295 g/mol. The van der Waals surface area contributed by atoms with Crippen molar-refractivity contribution in [1.82, 2.24) is 15.1 Å². The molecule has 2 heterocycles. The van der Waals surface area contributed by atoms with Gasteiger partial charge in [0.25, 0.3) is 0 Å². The van der Waals surface area contributed by atoms with E-state index in [1.54, 1.807) is 0 Å². The Kier molecular flexibility index (Phi) is 6.06. The largest absolute Gasteiger partial charge is 0.324 e. The number of unbranched alkanes of at least 4 members (excludes halogenated alkanes) is 1. The summed E-state index contributed by atoms with van der Waals surface area (Å²) in [7, 11) is 0. The van der Waals surface area contributed by atoms with Crippen LogP contribution in [0, 0.1) is 5.92 Å². The number of carbonyl (C=O) groups is 1. The van der Waals surface area contributed by atoms with Gasteiger partial charge in [0, 0.05) is 12.6 Å². The van der Waals surface area contributed by atoms with Gasteiger partial charge in [-0.15, -0.1) is 0 Å². The van der Waals surface area contributed by atoms with Crippen molar-refractivity contribution in [2.45, 2.75) is 78.0 Å². The van der Waals surface area contributed by atoms with E-state index in [1.807, 2.05) is 0 Å². The molecule has 4 heteroatoms. The molecule has 2 aliphatic rings. The number of hydrogen-bond donors (Lipinski definition) is 1. The number of amides is 1. The maximum Gasteiger partial charge on any atom is 0.241 e. The first kappa shape index (κ1) is 16.8. The van der Waals surface area contributed by atoms with Gasteiger partial charge < -0.3 is 4.90 Å². The first-order chi connectivity index (χ1) is 10.1. The summed E-state index contributed by atoms with van der Waals surface area (Å²) >= 11 is 0. The van der Waals surface area contributed by atoms with Crippen LogP contribution in [0.1, 0.15) is 59.8 Å². The summed E-state index contributed by atoms with van der Waals surface area (Å²) in [5, 5.41) is 3.59. The molecule has 2 saturated heterocycles. The van der Waals surface area contributed by atoms with Gasteiger partial charge in [0.2, 0.25) is 5.91 Å². The lowest BCUT2D eigenvalue weighted by molar-refractivity contribution is -0.131. The lowest BCUT2D eigenvalue weighted by Crippen LogP contribution is -2.47. The zero-order chi connectivity index (χ0) is 15.4. The van der Waals surface area contributed by atoms with Crippen LogP contribution in [-0.4, -0.2) is 53.6 Å². The van der Waals surface area contributed by atoms with E-state index in [0.29, 0.717) is 17.9 Å². The molecule has 2 aliphatic heterocycles. The SMILES string of the molecule is CCCCC1NC(C(C)C)N(CC2CCCN2CC)C1=O. The van der Waals surface area contributed by atoms with E-state index in [4.69, 9.17) is 0 Å². The van der Waals surface area contributed by atoms with E-state index in [1.165, 1.54) is 19.4 Å². The zero-order valence-electron chi connectivity index (χ0n) is 14.3. The first-order valence-corrected chi connectivity index (χ1v) is 8.89. The van der Waals surface area contributed by atoms with Crippen LogP contribution < -0.4 is 5.32 Å². The maximum absolute atomic E-state index is 12.8. The highest BCUT2D eigenvalue weighted by atomic mass is 16.2. The van der Waals surface area contributed by atoms with Gasteiger partial charge in [-0.05, 0) is 38.3 Å². The van der Waals surface area contributed by atoms with E-state index in [0.717, 1.165) is 32.4 Å². The third-order valence-corrected chi connectivity index (χ3v) is 5.08. The highest BCUT2D eigenvalue weighted by Crippen LogP contribution is 2.25. The summed E-state index contributed by atoms with van der Waals surface area (Å²) in [6.45, 7) is 12.1. The van der Waals surface area contributed by atoms with Crippen LogP contribution in [0.15, 0.2) is 0 Å². The smallest absolute Gasteiger partial charge is 0.241 e. The molecule has 0 aromatic rings. The zero-order valence-corrected chi connectivity index (χ0v) is 14.3. The number of likely N-dealkylation sites (N-methyl/N-ethyl adjacent to an activating group) is 1. The predicted molar refractivity (Wildman–Crippen MR) is 87.1 cm³/mol. The summed E-state index contributed by atoms with van der Waals surface area (Å²) in [4.78, 5) is 17.4. The Balaban J connectivity index is 2.02. The molecule has 3 unspecified atom stereocenters. The summed E-state index contributed by atoms with van der Waals surface area (Å²) < 4.78 is 0. The van der Waals surface area contributed by atoms with Crippen molar-refractivity contribution >= 4 is 5.91 Å². The van der Waals surface area contributed by atoms with Crippen LogP contribution in [0.5, 0.6) is 0 Å². The van der Waals surface area contributed by atoms with E-state index in [9.17, 15) is 4.79 Å². The Hall–Kier alpha value is -0.610. The van der Waals surface area contributed by atoms with E-state index >= 15 is 0 Å². The van der Waals surface area contributed by atoms with Crippen LogP contribution in [0.3, 0.4) is 0 Å². The van der Waals surface area contributed by atoms with E-state index in [2.05, 4.69) is 42.8 Å². The van der Waals surface area contributed by atoms with Crippen LogP contribution in [0.4, 0.5) is 0 Å². The molecule has 3 atom stereocenters. The fraction of sp³-hybridized carbons (Fsp3) is 0.941. The average Bonchev–Trinajstić information content (AvgIpc) is 3.03. The Bertz CT molecular complexity index is 345. The second kappa shape index (κ2) is 7.59. The van der Waals surface area contributed by atoms with Crippen LogP contribution in [0.2, 0.25) is 0 Å². The van der Waals surface area contributed by atoms with Gasteiger partial charge in [-0.2, -0.15) is 0 Å². The van der Waals surface area contributed by atoms with E-state index in [-0.39, 0.29) is 12.2 Å². The number of nitrogens with one attached hydrogen (secondary N) is 1. The summed E-state index contributed by atoms with van der Waals surface area (Å²) in [6, 6.07) is 0.612. The minimum absolute atomic E-state index is 0.0498. The Labute approximate surface area is 130 Å². The molecule has 0 aromatic carbocycles. The maximum atomic E-state index is 12.8. The first-order valence-electron chi connectivity index (χ1n) is 8.89. The second-order valence-electron chi connectivity index (χ2n) is 6.97. The standard InChI is InChI=1S/C17H33N3O/c1-5-7-10-15-17(21)20(16(18-15)13(3)4)12-14-9-8-11-19(14)6-2/h13-16,18H,5-12H2,1-4H3. The van der Waals surface area contributed by atoms with Crippen molar-refractivity contribution in [3.63, 3.8) is 0 Å². The van der Waals surface area contributed by atoms with Crippen LogP contribution in [0.25, 0.3) is 0 Å². The second-order valence-corrected chi connectivity index (χ2v) is 6.97. The van der Waals surface area contributed by atoms with Crippen molar-refractivity contribution in [3.05, 3.63) is 0 Å². The van der Waals surface area contributed by atoms with Crippen molar-refractivity contribution in [1.29, 1.82) is 0 Å². The van der Waals surface area contributed by atoms with Gasteiger partial charge in [-0.25, -0.2) is 0 Å². The number of nitrogens with zero attached hydrogens (tertiary/aromatic N) is 2. The molecule has 0 aromatic heterocycles. The summed E-state index contributed by atoms with van der Waals surface area (Å²) in [6.07, 6.45) is 6.01. The average molecular weight is 295 g/mol. The van der Waals surface area contributed by atoms with E-state index < -0.39 is 0 Å². The van der Waals surface area contributed by atoms with Gasteiger partial charge in [-0.1, -0.05) is 40.5 Å². The molecule has 0 saturated carbocycles. The van der Waals surface area contributed by atoms with Gasteiger partial charge in [-0.3, -0.25) is 15.0 Å². The predicted octanol–water partition coefficient (Wildman–Crippen LogP) is 2.44. The summed E-state index contributed by atoms with van der Waals surface area (Å²) in [5.41, 5.74) is 0. The van der Waals surface area contributed by atoms with Crippen molar-refractivity contribution in [3.8, 4) is 0 Å². The fourth-order valence-electron chi connectivity index (χ4n) is 3.82. The van der Waals surface area contributed by atoms with Crippen molar-refractivity contribution < 1.29 is 4.79 Å². The lowest BCUT2D eigenvalue weighted by Gasteiger charge is -2.32. The van der Waals surface area contributed by atoms with Crippen LogP contribution >= 0.6 is 0 Å². The number of hydrogen-bond acceptors (Lipinski definition) is 3. The highest BCUT2D eigenvalue weighted by Gasteiger charge is 2.41. The van der Waals surface area contributed by atoms with Gasteiger partial charge in [0.1, 0.15) is 0 Å². The highest BCUT2D eigenvalue weighted by molar-refractivity contribution is 5.84. The molecule has 122 valence electrons. The molecular formula is C17H33N3O. The minimum atomic E-state index is 0.0498. The molecule has 4 nitrogen and oxygen atoms in total. The van der Waals surface area contributed by atoms with Crippen molar-refractivity contribution in [2.24, 2.45) is 5.92 Å². The fourth-order valence-corrected chi connectivity index (χ4v) is 3.82. The van der Waals surface area contributed by atoms with Gasteiger partial charge in [0.05, 0.1) is 12.2 Å². The van der Waals surface area contributed by atoms with Crippen molar-refractivity contribution in [2.75, 3.05) is 19.6 Å². The topological polar surface area (TPSA) is 35.6 Å². The third-order valence-electron chi connectivity index (χ3n) is 5.08. The van der Waals surface area contributed by atoms with Gasteiger partial charge >= 0.3 is 0 Å². The molecule has 0 aliphatic carbocycles. The Morgan fingerprint density at radius 2 is 2.10 bits per heavy atom. The summed E-state index contributed by atoms with van der Waals surface area (Å²) in [5.74, 6) is 0.808. The molecular weight excluding hydrogens is 262 g/mol. The molecule has 1 amide bonds. The third kappa shape index (κ3) is 3.78. The molecule has 1 N–H and O–H groups in total. The normalized spacial score (nSPS) is 30.8. The Morgan fingerprint density at radius 1 is 1.33 bits per heavy atom. The Morgan fingerprint density at radius 3 is 2.71 bits per heavy atom. The number of rotatable bonds is 7. The quantitative estimate of drug-likeness (QED) is 0.783. The molecule has 2 rings (SSSR count).